The van der Waals surface area contributed by atoms with Gasteiger partial charge in [0, 0.05) is 11.0 Å². The maximum absolute atomic E-state index is 11.8. The summed E-state index contributed by atoms with van der Waals surface area (Å²) in [5, 5.41) is 0. The Labute approximate surface area is 129 Å². The number of hydrogen-bond acceptors (Lipinski definition) is 3. The van der Waals surface area contributed by atoms with Gasteiger partial charge in [0.2, 0.25) is 0 Å². The van der Waals surface area contributed by atoms with Crippen LogP contribution in [0.5, 0.6) is 0 Å². The highest BCUT2D eigenvalue weighted by atomic mass is 79.9. The first-order valence-electron chi connectivity index (χ1n) is 6.42. The molecule has 0 amide bonds. The zero-order chi connectivity index (χ0) is 15.2. The third kappa shape index (κ3) is 6.74. The largest absolute Gasteiger partial charge is 0.459 e. The molecule has 0 atom stereocenters. The van der Waals surface area contributed by atoms with Crippen LogP contribution in [0.25, 0.3) is 0 Å². The molecule has 0 aromatic heterocycles. The molecule has 108 valence electrons. The van der Waals surface area contributed by atoms with Gasteiger partial charge in [0.15, 0.2) is 0 Å². The van der Waals surface area contributed by atoms with Crippen molar-refractivity contribution in [2.24, 2.45) is 0 Å². The molecule has 0 saturated heterocycles. The van der Waals surface area contributed by atoms with E-state index in [2.05, 4.69) is 21.9 Å². The number of ether oxygens (including phenoxy) is 1. The van der Waals surface area contributed by atoms with E-state index in [0.29, 0.717) is 13.1 Å². The van der Waals surface area contributed by atoms with Crippen LogP contribution in [0.1, 0.15) is 26.3 Å². The Balaban J connectivity index is 2.63. The number of hydrogen-bond donors (Lipinski definition) is 0. The minimum absolute atomic E-state index is 0.192. The maximum Gasteiger partial charge on any atom is 0.320 e. The standard InChI is InChI=1S/C16H20BrNO2/c1-5-10-18(12-15(19)20-16(2,3)4)11-13-6-8-14(17)9-7-13/h1,6-9H,10-12H2,2-4H3. The summed E-state index contributed by atoms with van der Waals surface area (Å²) in [6.45, 7) is 6.78. The second-order valence-electron chi connectivity index (χ2n) is 5.56. The lowest BCUT2D eigenvalue weighted by molar-refractivity contribution is -0.156. The van der Waals surface area contributed by atoms with Crippen molar-refractivity contribution in [2.45, 2.75) is 32.9 Å². The molecule has 0 spiro atoms. The second-order valence-corrected chi connectivity index (χ2v) is 6.48. The zero-order valence-electron chi connectivity index (χ0n) is 12.1. The Bertz CT molecular complexity index is 483. The molecule has 0 aliphatic heterocycles. The Morgan fingerprint density at radius 1 is 1.35 bits per heavy atom. The van der Waals surface area contributed by atoms with Crippen molar-refractivity contribution < 1.29 is 9.53 Å². The Morgan fingerprint density at radius 2 is 1.95 bits per heavy atom. The van der Waals surface area contributed by atoms with E-state index < -0.39 is 5.60 Å². The zero-order valence-corrected chi connectivity index (χ0v) is 13.7. The van der Waals surface area contributed by atoms with Gasteiger partial charge in [-0.1, -0.05) is 34.0 Å². The van der Waals surface area contributed by atoms with Crippen LogP contribution in [0.4, 0.5) is 0 Å². The fourth-order valence-electron chi connectivity index (χ4n) is 1.70. The lowest BCUT2D eigenvalue weighted by Crippen LogP contribution is -2.34. The van der Waals surface area contributed by atoms with Gasteiger partial charge in [-0.05, 0) is 38.5 Å². The lowest BCUT2D eigenvalue weighted by Gasteiger charge is -2.23. The number of terminal acetylenes is 1. The highest BCUT2D eigenvalue weighted by Crippen LogP contribution is 2.13. The molecule has 0 aliphatic carbocycles. The van der Waals surface area contributed by atoms with Crippen molar-refractivity contribution in [3.05, 3.63) is 34.3 Å². The van der Waals surface area contributed by atoms with Crippen molar-refractivity contribution in [1.82, 2.24) is 4.90 Å². The van der Waals surface area contributed by atoms with Crippen molar-refractivity contribution in [3.8, 4) is 12.3 Å². The van der Waals surface area contributed by atoms with Gasteiger partial charge in [0.1, 0.15) is 5.60 Å². The van der Waals surface area contributed by atoms with E-state index in [1.54, 1.807) is 0 Å². The molecule has 0 saturated carbocycles. The molecule has 0 N–H and O–H groups in total. The van der Waals surface area contributed by atoms with E-state index in [1.807, 2.05) is 49.9 Å². The first-order chi connectivity index (χ1) is 9.30. The van der Waals surface area contributed by atoms with Crippen LogP contribution in [0, 0.1) is 12.3 Å². The quantitative estimate of drug-likeness (QED) is 0.610. The third-order valence-electron chi connectivity index (χ3n) is 2.41. The SMILES string of the molecule is C#CCN(CC(=O)OC(C)(C)C)Cc1ccc(Br)cc1. The van der Waals surface area contributed by atoms with Crippen molar-refractivity contribution in [3.63, 3.8) is 0 Å². The molecule has 0 bridgehead atoms. The first kappa shape index (κ1) is 16.7. The smallest absolute Gasteiger partial charge is 0.320 e. The minimum Gasteiger partial charge on any atom is -0.459 e. The lowest BCUT2D eigenvalue weighted by atomic mass is 10.2. The summed E-state index contributed by atoms with van der Waals surface area (Å²) in [5.74, 6) is 2.32. The number of halogens is 1. The fraction of sp³-hybridized carbons (Fsp3) is 0.438. The number of nitrogens with zero attached hydrogens (tertiary/aromatic N) is 1. The number of esters is 1. The van der Waals surface area contributed by atoms with Crippen LogP contribution >= 0.6 is 15.9 Å². The van der Waals surface area contributed by atoms with Crippen LogP contribution in [-0.2, 0) is 16.1 Å². The molecule has 0 fully saturated rings. The summed E-state index contributed by atoms with van der Waals surface area (Å²) < 4.78 is 6.34. The molecule has 3 nitrogen and oxygen atoms in total. The van der Waals surface area contributed by atoms with Crippen molar-refractivity contribution in [2.75, 3.05) is 13.1 Å². The van der Waals surface area contributed by atoms with Gasteiger partial charge < -0.3 is 4.74 Å². The van der Waals surface area contributed by atoms with E-state index in [4.69, 9.17) is 11.2 Å². The molecule has 0 unspecified atom stereocenters. The Hall–Kier alpha value is -1.31. The number of rotatable bonds is 5. The number of carbonyl (C=O) groups excluding carboxylic acids is 1. The molecule has 20 heavy (non-hydrogen) atoms. The summed E-state index contributed by atoms with van der Waals surface area (Å²) in [6.07, 6.45) is 5.36. The van der Waals surface area contributed by atoms with Crippen molar-refractivity contribution in [1.29, 1.82) is 0 Å². The molecule has 1 aromatic carbocycles. The summed E-state index contributed by atoms with van der Waals surface area (Å²) in [6, 6.07) is 7.94. The molecule has 0 radical (unpaired) electrons. The molecule has 1 aromatic rings. The molecule has 0 aliphatic rings. The van der Waals surface area contributed by atoms with E-state index >= 15 is 0 Å². The van der Waals surface area contributed by atoms with E-state index in [-0.39, 0.29) is 12.5 Å². The summed E-state index contributed by atoms with van der Waals surface area (Å²) >= 11 is 3.40. The topological polar surface area (TPSA) is 29.5 Å². The first-order valence-corrected chi connectivity index (χ1v) is 7.21. The van der Waals surface area contributed by atoms with E-state index in [0.717, 1.165) is 10.0 Å². The summed E-state index contributed by atoms with van der Waals surface area (Å²) in [7, 11) is 0. The monoisotopic (exact) mass is 337 g/mol. The molecular weight excluding hydrogens is 318 g/mol. The highest BCUT2D eigenvalue weighted by Gasteiger charge is 2.18. The normalized spacial score (nSPS) is 11.2. The number of carbonyl (C=O) groups is 1. The average Bonchev–Trinajstić information content (AvgIpc) is 2.30. The molecule has 1 rings (SSSR count). The van der Waals surface area contributed by atoms with Gasteiger partial charge in [0.25, 0.3) is 0 Å². The summed E-state index contributed by atoms with van der Waals surface area (Å²) in [5.41, 5.74) is 0.628. The highest BCUT2D eigenvalue weighted by molar-refractivity contribution is 9.10. The second kappa shape index (κ2) is 7.47. The van der Waals surface area contributed by atoms with E-state index in [9.17, 15) is 4.79 Å². The maximum atomic E-state index is 11.8. The van der Waals surface area contributed by atoms with Crippen LogP contribution in [0.3, 0.4) is 0 Å². The van der Waals surface area contributed by atoms with Crippen LogP contribution in [-0.4, -0.2) is 29.6 Å². The van der Waals surface area contributed by atoms with Crippen LogP contribution in [0.2, 0.25) is 0 Å². The van der Waals surface area contributed by atoms with Gasteiger partial charge in [-0.2, -0.15) is 0 Å². The molecule has 4 heteroatoms. The van der Waals surface area contributed by atoms with Gasteiger partial charge in [-0.3, -0.25) is 9.69 Å². The summed E-state index contributed by atoms with van der Waals surface area (Å²) in [4.78, 5) is 13.7. The molecule has 0 heterocycles. The van der Waals surface area contributed by atoms with Gasteiger partial charge in [0.05, 0.1) is 13.1 Å². The van der Waals surface area contributed by atoms with Crippen LogP contribution < -0.4 is 0 Å². The van der Waals surface area contributed by atoms with Crippen molar-refractivity contribution >= 4 is 21.9 Å². The molecular formula is C16H20BrNO2. The number of benzene rings is 1. The van der Waals surface area contributed by atoms with E-state index in [1.165, 1.54) is 0 Å². The minimum atomic E-state index is -0.476. The van der Waals surface area contributed by atoms with Gasteiger partial charge in [-0.15, -0.1) is 6.42 Å². The fourth-order valence-corrected chi connectivity index (χ4v) is 1.97. The predicted molar refractivity (Wildman–Crippen MR) is 84.1 cm³/mol. The van der Waals surface area contributed by atoms with Crippen LogP contribution in [0.15, 0.2) is 28.7 Å². The average molecular weight is 338 g/mol. The Kier molecular flexibility index (Phi) is 6.25. The Morgan fingerprint density at radius 3 is 2.45 bits per heavy atom. The van der Waals surface area contributed by atoms with Gasteiger partial charge in [-0.25, -0.2) is 0 Å². The predicted octanol–water partition coefficient (Wildman–Crippen LogP) is 3.23. The third-order valence-corrected chi connectivity index (χ3v) is 2.94. The van der Waals surface area contributed by atoms with Gasteiger partial charge >= 0.3 is 5.97 Å².